The average molecular weight is 279 g/mol. The Kier molecular flexibility index (Phi) is 5.67. The summed E-state index contributed by atoms with van der Waals surface area (Å²) in [6.45, 7) is 1.80. The standard InChI is InChI=1S/C13H17N3O4/c1-9(12(17)18)6-16-7-11(15-8-16)5-10(3-4-14)13(19)20-2/h5-8H,3-4,14H2,1-2H3,(H,17,18). The summed E-state index contributed by atoms with van der Waals surface area (Å²) in [5.74, 6) is -1.46. The number of nitrogens with two attached hydrogens (primary N) is 1. The first-order chi connectivity index (χ1) is 9.47. The maximum atomic E-state index is 11.5. The highest BCUT2D eigenvalue weighted by molar-refractivity contribution is 5.93. The van der Waals surface area contributed by atoms with Crippen molar-refractivity contribution in [3.63, 3.8) is 0 Å². The molecule has 0 aliphatic heterocycles. The van der Waals surface area contributed by atoms with Gasteiger partial charge >= 0.3 is 11.9 Å². The molecule has 3 N–H and O–H groups in total. The monoisotopic (exact) mass is 279 g/mol. The maximum Gasteiger partial charge on any atom is 0.333 e. The fourth-order valence-corrected chi connectivity index (χ4v) is 1.47. The molecule has 0 radical (unpaired) electrons. The van der Waals surface area contributed by atoms with Gasteiger partial charge < -0.3 is 20.1 Å². The minimum absolute atomic E-state index is 0.174. The summed E-state index contributed by atoms with van der Waals surface area (Å²) in [7, 11) is 1.30. The summed E-state index contributed by atoms with van der Waals surface area (Å²) in [6.07, 6.45) is 6.43. The number of ether oxygens (including phenoxy) is 1. The van der Waals surface area contributed by atoms with Crippen LogP contribution in [-0.2, 0) is 14.3 Å². The Labute approximate surface area is 116 Å². The van der Waals surface area contributed by atoms with Crippen LogP contribution in [0.15, 0.2) is 23.7 Å². The van der Waals surface area contributed by atoms with Gasteiger partial charge in [0.15, 0.2) is 0 Å². The Morgan fingerprint density at radius 3 is 2.80 bits per heavy atom. The van der Waals surface area contributed by atoms with Crippen molar-refractivity contribution in [2.75, 3.05) is 13.7 Å². The lowest BCUT2D eigenvalue weighted by Gasteiger charge is -2.02. The predicted molar refractivity (Wildman–Crippen MR) is 73.5 cm³/mol. The third-order valence-electron chi connectivity index (χ3n) is 2.48. The normalized spacial score (nSPS) is 12.3. The van der Waals surface area contributed by atoms with Crippen molar-refractivity contribution in [2.45, 2.75) is 13.3 Å². The van der Waals surface area contributed by atoms with Gasteiger partial charge in [0.05, 0.1) is 24.7 Å². The van der Waals surface area contributed by atoms with Crippen LogP contribution >= 0.6 is 0 Å². The highest BCUT2D eigenvalue weighted by Gasteiger charge is 2.09. The number of nitrogens with zero attached hydrogens (tertiary/aromatic N) is 2. The Morgan fingerprint density at radius 2 is 2.25 bits per heavy atom. The summed E-state index contributed by atoms with van der Waals surface area (Å²) in [5, 5.41) is 8.78. The van der Waals surface area contributed by atoms with E-state index in [1.165, 1.54) is 31.1 Å². The average Bonchev–Trinajstić information content (AvgIpc) is 2.84. The van der Waals surface area contributed by atoms with Crippen molar-refractivity contribution in [3.05, 3.63) is 29.4 Å². The van der Waals surface area contributed by atoms with Crippen molar-refractivity contribution in [3.8, 4) is 0 Å². The number of aromatic nitrogens is 2. The number of carboxylic acids is 1. The van der Waals surface area contributed by atoms with Crippen LogP contribution in [-0.4, -0.2) is 40.3 Å². The van der Waals surface area contributed by atoms with E-state index in [9.17, 15) is 9.59 Å². The lowest BCUT2D eigenvalue weighted by atomic mass is 10.1. The number of carbonyl (C=O) groups is 2. The Balaban J connectivity index is 2.98. The molecule has 0 bridgehead atoms. The molecule has 0 unspecified atom stereocenters. The SMILES string of the molecule is COC(=O)C(=Cc1cn(C=C(C)C(=O)O)cn1)CCN. The molecule has 20 heavy (non-hydrogen) atoms. The van der Waals surface area contributed by atoms with E-state index in [0.717, 1.165) is 0 Å². The fraction of sp³-hybridized carbons (Fsp3) is 0.308. The van der Waals surface area contributed by atoms with Gasteiger partial charge in [-0.1, -0.05) is 0 Å². The highest BCUT2D eigenvalue weighted by atomic mass is 16.5. The van der Waals surface area contributed by atoms with E-state index in [2.05, 4.69) is 9.72 Å². The van der Waals surface area contributed by atoms with Crippen LogP contribution in [0.2, 0.25) is 0 Å². The molecule has 0 spiro atoms. The van der Waals surface area contributed by atoms with Gasteiger partial charge in [-0.3, -0.25) is 0 Å². The first-order valence-corrected chi connectivity index (χ1v) is 5.92. The molecule has 0 saturated carbocycles. The van der Waals surface area contributed by atoms with E-state index < -0.39 is 11.9 Å². The van der Waals surface area contributed by atoms with Gasteiger partial charge in [0.25, 0.3) is 0 Å². The van der Waals surface area contributed by atoms with Crippen LogP contribution in [0.25, 0.3) is 12.3 Å². The van der Waals surface area contributed by atoms with Crippen LogP contribution in [0.1, 0.15) is 19.0 Å². The summed E-state index contributed by atoms with van der Waals surface area (Å²) >= 11 is 0. The summed E-state index contributed by atoms with van der Waals surface area (Å²) in [5.41, 5.74) is 6.54. The molecule has 0 saturated heterocycles. The molecule has 0 atom stereocenters. The largest absolute Gasteiger partial charge is 0.478 e. The Bertz CT molecular complexity index is 558. The zero-order chi connectivity index (χ0) is 15.1. The van der Waals surface area contributed by atoms with Gasteiger partial charge in [-0.2, -0.15) is 0 Å². The van der Waals surface area contributed by atoms with Gasteiger partial charge in [-0.25, -0.2) is 14.6 Å². The van der Waals surface area contributed by atoms with E-state index in [1.807, 2.05) is 0 Å². The fourth-order valence-electron chi connectivity index (χ4n) is 1.47. The molecule has 0 aliphatic rings. The Morgan fingerprint density at radius 1 is 1.55 bits per heavy atom. The first kappa shape index (κ1) is 15.6. The molecule has 7 nitrogen and oxygen atoms in total. The molecule has 1 aromatic rings. The molecular formula is C13H17N3O4. The molecule has 108 valence electrons. The quantitative estimate of drug-likeness (QED) is 0.587. The van der Waals surface area contributed by atoms with Crippen molar-refractivity contribution in [2.24, 2.45) is 5.73 Å². The summed E-state index contributed by atoms with van der Waals surface area (Å²) in [6, 6.07) is 0. The third kappa shape index (κ3) is 4.36. The zero-order valence-corrected chi connectivity index (χ0v) is 11.4. The van der Waals surface area contributed by atoms with Crippen LogP contribution in [0.4, 0.5) is 0 Å². The maximum absolute atomic E-state index is 11.5. The Hall–Kier alpha value is -2.41. The van der Waals surface area contributed by atoms with Crippen molar-refractivity contribution >= 4 is 24.2 Å². The van der Waals surface area contributed by atoms with Crippen LogP contribution < -0.4 is 5.73 Å². The molecule has 0 aromatic carbocycles. The second-order valence-corrected chi connectivity index (χ2v) is 4.06. The molecule has 1 aromatic heterocycles. The van der Waals surface area contributed by atoms with Gasteiger partial charge in [0.1, 0.15) is 0 Å². The topological polar surface area (TPSA) is 107 Å². The van der Waals surface area contributed by atoms with E-state index in [1.54, 1.807) is 12.3 Å². The lowest BCUT2D eigenvalue weighted by molar-refractivity contribution is -0.136. The smallest absolute Gasteiger partial charge is 0.333 e. The minimum Gasteiger partial charge on any atom is -0.478 e. The third-order valence-corrected chi connectivity index (χ3v) is 2.48. The molecular weight excluding hydrogens is 262 g/mol. The van der Waals surface area contributed by atoms with Gasteiger partial charge in [0.2, 0.25) is 0 Å². The van der Waals surface area contributed by atoms with Crippen LogP contribution in [0.3, 0.4) is 0 Å². The van der Waals surface area contributed by atoms with Gasteiger partial charge in [-0.05, 0) is 26.0 Å². The number of aliphatic carboxylic acids is 1. The molecule has 0 aliphatic carbocycles. The number of hydrogen-bond acceptors (Lipinski definition) is 5. The number of hydrogen-bond donors (Lipinski definition) is 2. The van der Waals surface area contributed by atoms with Gasteiger partial charge in [-0.15, -0.1) is 0 Å². The second kappa shape index (κ2) is 7.25. The van der Waals surface area contributed by atoms with Crippen molar-refractivity contribution in [1.29, 1.82) is 0 Å². The van der Waals surface area contributed by atoms with E-state index in [4.69, 9.17) is 10.8 Å². The number of methoxy groups -OCH3 is 1. The lowest BCUT2D eigenvalue weighted by Crippen LogP contribution is -2.09. The highest BCUT2D eigenvalue weighted by Crippen LogP contribution is 2.10. The molecule has 0 amide bonds. The number of imidazole rings is 1. The minimum atomic E-state index is -1.01. The molecule has 0 fully saturated rings. The number of carboxylic acid groups (broad SMARTS) is 1. The van der Waals surface area contributed by atoms with Crippen LogP contribution in [0, 0.1) is 0 Å². The first-order valence-electron chi connectivity index (χ1n) is 5.92. The summed E-state index contributed by atoms with van der Waals surface area (Å²) < 4.78 is 6.16. The van der Waals surface area contributed by atoms with E-state index in [-0.39, 0.29) is 5.57 Å². The molecule has 1 rings (SSSR count). The van der Waals surface area contributed by atoms with E-state index in [0.29, 0.717) is 24.2 Å². The number of carbonyl (C=O) groups excluding carboxylic acids is 1. The number of esters is 1. The number of rotatable bonds is 6. The van der Waals surface area contributed by atoms with Crippen LogP contribution in [0.5, 0.6) is 0 Å². The summed E-state index contributed by atoms with van der Waals surface area (Å²) in [4.78, 5) is 26.3. The predicted octanol–water partition coefficient (Wildman–Crippen LogP) is 0.734. The molecule has 1 heterocycles. The zero-order valence-electron chi connectivity index (χ0n) is 11.4. The van der Waals surface area contributed by atoms with Gasteiger partial charge in [0, 0.05) is 18.0 Å². The van der Waals surface area contributed by atoms with Crippen molar-refractivity contribution in [1.82, 2.24) is 9.55 Å². The van der Waals surface area contributed by atoms with E-state index >= 15 is 0 Å². The van der Waals surface area contributed by atoms with Crippen molar-refractivity contribution < 1.29 is 19.4 Å². The molecule has 7 heteroatoms. The second-order valence-electron chi connectivity index (χ2n) is 4.06.